The van der Waals surface area contributed by atoms with Gasteiger partial charge in [-0.2, -0.15) is 0 Å². The van der Waals surface area contributed by atoms with E-state index in [4.69, 9.17) is 0 Å². The Kier molecular flexibility index (Phi) is 6.78. The van der Waals surface area contributed by atoms with Crippen LogP contribution >= 0.6 is 7.26 Å². The van der Waals surface area contributed by atoms with Crippen LogP contribution in [0.4, 0.5) is 4.39 Å². The molecule has 0 nitrogen and oxygen atoms in total. The Balaban J connectivity index is 0.00000225. The molecular formula is C25H21BrFP. The Labute approximate surface area is 177 Å². The molecule has 0 saturated heterocycles. The lowest BCUT2D eigenvalue weighted by Crippen LogP contribution is -3.00. The van der Waals surface area contributed by atoms with Crippen molar-refractivity contribution in [3.05, 3.63) is 127 Å². The van der Waals surface area contributed by atoms with E-state index in [2.05, 4.69) is 72.8 Å². The maximum Gasteiger partial charge on any atom is 0.130 e. The quantitative estimate of drug-likeness (QED) is 0.409. The fourth-order valence-electron chi connectivity index (χ4n) is 3.65. The van der Waals surface area contributed by atoms with Gasteiger partial charge in [-0.15, -0.1) is 0 Å². The second kappa shape index (κ2) is 9.28. The number of benzene rings is 4. The van der Waals surface area contributed by atoms with Gasteiger partial charge in [-0.25, -0.2) is 4.39 Å². The van der Waals surface area contributed by atoms with Gasteiger partial charge < -0.3 is 17.0 Å². The molecule has 0 spiro atoms. The average molecular weight is 451 g/mol. The molecule has 0 radical (unpaired) electrons. The minimum absolute atomic E-state index is 0. The van der Waals surface area contributed by atoms with Crippen LogP contribution in [0.1, 0.15) is 5.56 Å². The molecule has 4 aromatic carbocycles. The van der Waals surface area contributed by atoms with E-state index in [1.165, 1.54) is 15.9 Å². The second-order valence-corrected chi connectivity index (χ2v) is 10.1. The predicted octanol–water partition coefficient (Wildman–Crippen LogP) is 2.32. The van der Waals surface area contributed by atoms with Gasteiger partial charge in [0.05, 0.1) is 0 Å². The number of halogens is 2. The van der Waals surface area contributed by atoms with Crippen LogP contribution in [0.5, 0.6) is 0 Å². The monoisotopic (exact) mass is 450 g/mol. The summed E-state index contributed by atoms with van der Waals surface area (Å²) in [6, 6.07) is 38.9. The summed E-state index contributed by atoms with van der Waals surface area (Å²) in [5, 5.41) is 3.81. The largest absolute Gasteiger partial charge is 1.00 e. The van der Waals surface area contributed by atoms with Crippen molar-refractivity contribution in [2.45, 2.75) is 6.16 Å². The molecule has 3 heteroatoms. The zero-order valence-corrected chi connectivity index (χ0v) is 17.9. The lowest BCUT2D eigenvalue weighted by atomic mass is 10.2. The molecule has 0 amide bonds. The van der Waals surface area contributed by atoms with Crippen molar-refractivity contribution < 1.29 is 21.4 Å². The van der Waals surface area contributed by atoms with E-state index in [0.29, 0.717) is 6.16 Å². The third-order valence-corrected chi connectivity index (χ3v) is 9.31. The van der Waals surface area contributed by atoms with E-state index in [0.717, 1.165) is 5.56 Å². The Morgan fingerprint density at radius 3 is 1.25 bits per heavy atom. The lowest BCUT2D eigenvalue weighted by Gasteiger charge is -2.28. The molecule has 0 atom stereocenters. The van der Waals surface area contributed by atoms with E-state index in [-0.39, 0.29) is 22.8 Å². The van der Waals surface area contributed by atoms with Gasteiger partial charge in [0.1, 0.15) is 35.2 Å². The zero-order chi connectivity index (χ0) is 18.5. The molecule has 0 aliphatic rings. The normalized spacial score (nSPS) is 10.9. The van der Waals surface area contributed by atoms with E-state index in [1.807, 2.05) is 30.3 Å². The van der Waals surface area contributed by atoms with Crippen LogP contribution in [0.25, 0.3) is 0 Å². The average Bonchev–Trinajstić information content (AvgIpc) is 2.75. The molecule has 4 aromatic rings. The van der Waals surface area contributed by atoms with Gasteiger partial charge in [0, 0.05) is 5.56 Å². The summed E-state index contributed by atoms with van der Waals surface area (Å²) in [6.07, 6.45) is 0.664. The summed E-state index contributed by atoms with van der Waals surface area (Å²) in [5.74, 6) is -0.135. The molecule has 0 aromatic heterocycles. The highest BCUT2D eigenvalue weighted by Gasteiger charge is 2.45. The van der Waals surface area contributed by atoms with Crippen LogP contribution in [0.15, 0.2) is 115 Å². The summed E-state index contributed by atoms with van der Waals surface area (Å²) in [6.45, 7) is 0. The first-order valence-corrected chi connectivity index (χ1v) is 11.1. The third-order valence-electron chi connectivity index (χ3n) is 4.96. The fraction of sp³-hybridized carbons (Fsp3) is 0.0400. The van der Waals surface area contributed by atoms with Crippen LogP contribution in [0.3, 0.4) is 0 Å². The van der Waals surface area contributed by atoms with Crippen molar-refractivity contribution in [3.8, 4) is 0 Å². The van der Waals surface area contributed by atoms with Gasteiger partial charge >= 0.3 is 0 Å². The van der Waals surface area contributed by atoms with Gasteiger partial charge in [-0.3, -0.25) is 0 Å². The molecule has 28 heavy (non-hydrogen) atoms. The summed E-state index contributed by atoms with van der Waals surface area (Å²) >= 11 is 0. The fourth-order valence-corrected chi connectivity index (χ4v) is 7.90. The van der Waals surface area contributed by atoms with Gasteiger partial charge in [0.2, 0.25) is 0 Å². The van der Waals surface area contributed by atoms with Crippen LogP contribution in [0.2, 0.25) is 0 Å². The molecule has 0 aliphatic heterocycles. The maximum atomic E-state index is 14.7. The molecule has 140 valence electrons. The minimum Gasteiger partial charge on any atom is -1.00 e. The first-order chi connectivity index (χ1) is 13.3. The van der Waals surface area contributed by atoms with Crippen LogP contribution in [0, 0.1) is 5.82 Å². The van der Waals surface area contributed by atoms with Gasteiger partial charge in [-0.1, -0.05) is 72.8 Å². The molecule has 0 fully saturated rings. The smallest absolute Gasteiger partial charge is 0.130 e. The molecule has 0 saturated carbocycles. The van der Waals surface area contributed by atoms with Crippen molar-refractivity contribution in [1.82, 2.24) is 0 Å². The molecule has 0 heterocycles. The van der Waals surface area contributed by atoms with E-state index >= 15 is 0 Å². The summed E-state index contributed by atoms with van der Waals surface area (Å²) in [7, 11) is -2.04. The van der Waals surface area contributed by atoms with Gasteiger partial charge in [-0.05, 0) is 42.5 Å². The molecule has 0 unspecified atom stereocenters. The number of rotatable bonds is 5. The SMILES string of the molecule is Fc1ccccc1C[P+](c1ccccc1)(c1ccccc1)c1ccccc1.[Br-]. The predicted molar refractivity (Wildman–Crippen MR) is 115 cm³/mol. The van der Waals surface area contributed by atoms with Gasteiger partial charge in [0.25, 0.3) is 0 Å². The maximum absolute atomic E-state index is 14.7. The number of hydrogen-bond donors (Lipinski definition) is 0. The summed E-state index contributed by atoms with van der Waals surface area (Å²) in [5.41, 5.74) is 0.766. The third kappa shape index (κ3) is 3.94. The molecule has 4 rings (SSSR count). The van der Waals surface area contributed by atoms with Crippen LogP contribution < -0.4 is 32.9 Å². The van der Waals surface area contributed by atoms with Crippen molar-refractivity contribution >= 4 is 23.2 Å². The minimum atomic E-state index is -2.04. The first-order valence-electron chi connectivity index (χ1n) is 9.09. The van der Waals surface area contributed by atoms with E-state index < -0.39 is 7.26 Å². The van der Waals surface area contributed by atoms with Crippen molar-refractivity contribution in [1.29, 1.82) is 0 Å². The zero-order valence-electron chi connectivity index (χ0n) is 15.4. The topological polar surface area (TPSA) is 0 Å². The Morgan fingerprint density at radius 2 is 0.857 bits per heavy atom. The molecular weight excluding hydrogens is 430 g/mol. The highest BCUT2D eigenvalue weighted by Crippen LogP contribution is 2.58. The number of hydrogen-bond acceptors (Lipinski definition) is 0. The van der Waals surface area contributed by atoms with Crippen LogP contribution in [-0.2, 0) is 6.16 Å². The Morgan fingerprint density at radius 1 is 0.500 bits per heavy atom. The molecule has 0 aliphatic carbocycles. The molecule has 0 bridgehead atoms. The van der Waals surface area contributed by atoms with Crippen molar-refractivity contribution in [2.24, 2.45) is 0 Å². The highest BCUT2D eigenvalue weighted by atomic mass is 79.9. The summed E-state index contributed by atoms with van der Waals surface area (Å²) < 4.78 is 14.7. The Hall–Kier alpha value is -2.28. The van der Waals surface area contributed by atoms with Crippen molar-refractivity contribution in [3.63, 3.8) is 0 Å². The first kappa shape index (κ1) is 20.5. The van der Waals surface area contributed by atoms with E-state index in [9.17, 15) is 4.39 Å². The summed E-state index contributed by atoms with van der Waals surface area (Å²) in [4.78, 5) is 0. The van der Waals surface area contributed by atoms with Crippen molar-refractivity contribution in [2.75, 3.05) is 0 Å². The molecule has 0 N–H and O–H groups in total. The van der Waals surface area contributed by atoms with Gasteiger partial charge in [0.15, 0.2) is 0 Å². The highest BCUT2D eigenvalue weighted by molar-refractivity contribution is 7.95. The van der Waals surface area contributed by atoms with Crippen LogP contribution in [-0.4, -0.2) is 0 Å². The second-order valence-electron chi connectivity index (χ2n) is 6.57. The standard InChI is InChI=1S/C25H21FP.BrH/c26-25-19-11-10-12-21(25)20-27(22-13-4-1-5-14-22,23-15-6-2-7-16-23)24-17-8-3-9-18-24;/h1-19H,20H2;1H/q+1;/p-1. The lowest BCUT2D eigenvalue weighted by molar-refractivity contribution is -0.00000579. The van der Waals surface area contributed by atoms with E-state index in [1.54, 1.807) is 12.1 Å². The Bertz CT molecular complexity index is 907.